The molecule has 2 aliphatic heterocycles. The van der Waals surface area contributed by atoms with E-state index in [2.05, 4.69) is 21.4 Å². The summed E-state index contributed by atoms with van der Waals surface area (Å²) in [6.07, 6.45) is 8.83. The molecule has 4 nitrogen and oxygen atoms in total. The summed E-state index contributed by atoms with van der Waals surface area (Å²) < 4.78 is 1.90. The molecule has 0 saturated carbocycles. The minimum atomic E-state index is 0.717. The molecule has 0 radical (unpaired) electrons. The fraction of sp³-hybridized carbons (Fsp3) is 0.786. The molecule has 0 spiro atoms. The number of rotatable bonds is 3. The minimum absolute atomic E-state index is 0.717. The topological polar surface area (TPSA) is 33.1 Å². The van der Waals surface area contributed by atoms with E-state index in [1.807, 2.05) is 17.9 Å². The molecule has 3 heterocycles. The van der Waals surface area contributed by atoms with Crippen molar-refractivity contribution in [3.8, 4) is 0 Å². The van der Waals surface area contributed by atoms with Gasteiger partial charge in [0.2, 0.25) is 0 Å². The third-order valence-electron chi connectivity index (χ3n) is 4.36. The van der Waals surface area contributed by atoms with Gasteiger partial charge in [-0.15, -0.1) is 0 Å². The second kappa shape index (κ2) is 5.41. The summed E-state index contributed by atoms with van der Waals surface area (Å²) in [6.45, 7) is 3.46. The molecule has 1 aromatic rings. The molecule has 2 fully saturated rings. The quantitative estimate of drug-likeness (QED) is 0.880. The van der Waals surface area contributed by atoms with Crippen LogP contribution >= 0.6 is 0 Å². The number of hydrogen-bond donors (Lipinski definition) is 1. The number of aryl methyl sites for hydroxylation is 1. The summed E-state index contributed by atoms with van der Waals surface area (Å²) >= 11 is 0. The lowest BCUT2D eigenvalue weighted by Gasteiger charge is -2.39. The molecule has 4 heteroatoms. The van der Waals surface area contributed by atoms with Gasteiger partial charge in [0.05, 0.1) is 5.69 Å². The zero-order valence-electron chi connectivity index (χ0n) is 11.3. The van der Waals surface area contributed by atoms with Crippen molar-refractivity contribution in [3.63, 3.8) is 0 Å². The van der Waals surface area contributed by atoms with E-state index in [1.165, 1.54) is 50.9 Å². The van der Waals surface area contributed by atoms with Gasteiger partial charge in [-0.05, 0) is 44.8 Å². The van der Waals surface area contributed by atoms with Crippen LogP contribution in [0.15, 0.2) is 12.3 Å². The van der Waals surface area contributed by atoms with Gasteiger partial charge in [-0.3, -0.25) is 9.58 Å². The van der Waals surface area contributed by atoms with E-state index in [4.69, 9.17) is 0 Å². The molecular weight excluding hydrogens is 224 g/mol. The van der Waals surface area contributed by atoms with Crippen LogP contribution in [0.1, 0.15) is 37.8 Å². The molecule has 2 unspecified atom stereocenters. The maximum absolute atomic E-state index is 4.52. The minimum Gasteiger partial charge on any atom is -0.312 e. The third kappa shape index (κ3) is 2.59. The smallest absolute Gasteiger partial charge is 0.0764 e. The van der Waals surface area contributed by atoms with Crippen LogP contribution < -0.4 is 5.32 Å². The maximum Gasteiger partial charge on any atom is 0.0764 e. The monoisotopic (exact) mass is 248 g/mol. The Morgan fingerprint density at radius 2 is 2.28 bits per heavy atom. The predicted molar refractivity (Wildman–Crippen MR) is 72.3 cm³/mol. The van der Waals surface area contributed by atoms with Crippen LogP contribution in [0.5, 0.6) is 0 Å². The highest BCUT2D eigenvalue weighted by molar-refractivity contribution is 5.01. The SMILES string of the molecule is Cn1ccc(CN2CCCCC2C2CCCN2)n1. The Hall–Kier alpha value is -0.870. The van der Waals surface area contributed by atoms with Crippen LogP contribution in [-0.4, -0.2) is 39.9 Å². The standard InChI is InChI=1S/C14H24N4/c1-17-10-7-12(16-17)11-18-9-3-2-6-14(18)13-5-4-8-15-13/h7,10,13-15H,2-6,8-9,11H2,1H3. The normalized spacial score (nSPS) is 29.8. The van der Waals surface area contributed by atoms with Crippen LogP contribution in [0.25, 0.3) is 0 Å². The molecule has 2 saturated heterocycles. The van der Waals surface area contributed by atoms with E-state index in [-0.39, 0.29) is 0 Å². The highest BCUT2D eigenvalue weighted by atomic mass is 15.3. The molecule has 18 heavy (non-hydrogen) atoms. The molecule has 1 aromatic heterocycles. The highest BCUT2D eigenvalue weighted by Crippen LogP contribution is 2.25. The number of likely N-dealkylation sites (tertiary alicyclic amines) is 1. The van der Waals surface area contributed by atoms with Gasteiger partial charge in [0.15, 0.2) is 0 Å². The van der Waals surface area contributed by atoms with E-state index < -0.39 is 0 Å². The first kappa shape index (κ1) is 12.2. The first-order valence-electron chi connectivity index (χ1n) is 7.29. The second-order valence-electron chi connectivity index (χ2n) is 5.72. The van der Waals surface area contributed by atoms with Crippen LogP contribution in [0.2, 0.25) is 0 Å². The van der Waals surface area contributed by atoms with E-state index in [1.54, 1.807) is 0 Å². The van der Waals surface area contributed by atoms with Gasteiger partial charge in [-0.2, -0.15) is 5.10 Å². The molecule has 100 valence electrons. The van der Waals surface area contributed by atoms with Crippen LogP contribution in [0, 0.1) is 0 Å². The second-order valence-corrected chi connectivity index (χ2v) is 5.72. The number of aromatic nitrogens is 2. The average molecular weight is 248 g/mol. The van der Waals surface area contributed by atoms with Gasteiger partial charge in [-0.1, -0.05) is 6.42 Å². The number of nitrogens with zero attached hydrogens (tertiary/aromatic N) is 3. The van der Waals surface area contributed by atoms with Gasteiger partial charge in [-0.25, -0.2) is 0 Å². The Kier molecular flexibility index (Phi) is 3.66. The predicted octanol–water partition coefficient (Wildman–Crippen LogP) is 1.53. The van der Waals surface area contributed by atoms with Gasteiger partial charge in [0.25, 0.3) is 0 Å². The molecule has 0 aromatic carbocycles. The summed E-state index contributed by atoms with van der Waals surface area (Å²) in [5.41, 5.74) is 1.21. The van der Waals surface area contributed by atoms with Crippen LogP contribution in [0.3, 0.4) is 0 Å². The van der Waals surface area contributed by atoms with Crippen molar-refractivity contribution in [3.05, 3.63) is 18.0 Å². The Morgan fingerprint density at radius 3 is 3.00 bits per heavy atom. The maximum atomic E-state index is 4.52. The van der Waals surface area contributed by atoms with Crippen molar-refractivity contribution in [2.45, 2.75) is 50.7 Å². The number of nitrogens with one attached hydrogen (secondary N) is 1. The first-order valence-corrected chi connectivity index (χ1v) is 7.29. The van der Waals surface area contributed by atoms with Gasteiger partial charge in [0, 0.05) is 31.9 Å². The molecule has 0 bridgehead atoms. The average Bonchev–Trinajstić information content (AvgIpc) is 3.02. The van der Waals surface area contributed by atoms with E-state index in [0.717, 1.165) is 12.6 Å². The summed E-state index contributed by atoms with van der Waals surface area (Å²) in [6, 6.07) is 3.59. The number of hydrogen-bond acceptors (Lipinski definition) is 3. The van der Waals surface area contributed by atoms with Crippen molar-refractivity contribution in [2.75, 3.05) is 13.1 Å². The molecule has 3 rings (SSSR count). The van der Waals surface area contributed by atoms with Crippen molar-refractivity contribution >= 4 is 0 Å². The molecule has 0 aliphatic carbocycles. The van der Waals surface area contributed by atoms with Crippen LogP contribution in [-0.2, 0) is 13.6 Å². The van der Waals surface area contributed by atoms with Crippen LogP contribution in [0.4, 0.5) is 0 Å². The Morgan fingerprint density at radius 1 is 1.33 bits per heavy atom. The largest absolute Gasteiger partial charge is 0.312 e. The first-order chi connectivity index (χ1) is 8.83. The van der Waals surface area contributed by atoms with E-state index in [9.17, 15) is 0 Å². The molecule has 2 aliphatic rings. The van der Waals surface area contributed by atoms with E-state index in [0.29, 0.717) is 6.04 Å². The molecule has 1 N–H and O–H groups in total. The van der Waals surface area contributed by atoms with Crippen molar-refractivity contribution in [1.29, 1.82) is 0 Å². The summed E-state index contributed by atoms with van der Waals surface area (Å²) in [7, 11) is 2.00. The zero-order chi connectivity index (χ0) is 12.4. The lowest BCUT2D eigenvalue weighted by molar-refractivity contribution is 0.111. The summed E-state index contributed by atoms with van der Waals surface area (Å²) in [5.74, 6) is 0. The molecule has 0 amide bonds. The fourth-order valence-corrected chi connectivity index (χ4v) is 3.46. The fourth-order valence-electron chi connectivity index (χ4n) is 3.46. The van der Waals surface area contributed by atoms with Gasteiger partial charge in [0.1, 0.15) is 0 Å². The lowest BCUT2D eigenvalue weighted by atomic mass is 9.94. The summed E-state index contributed by atoms with van der Waals surface area (Å²) in [5, 5.41) is 8.20. The summed E-state index contributed by atoms with van der Waals surface area (Å²) in [4.78, 5) is 2.65. The Labute approximate surface area is 109 Å². The molecular formula is C14H24N4. The lowest BCUT2D eigenvalue weighted by Crippen LogP contribution is -2.49. The van der Waals surface area contributed by atoms with Crippen molar-refractivity contribution < 1.29 is 0 Å². The van der Waals surface area contributed by atoms with E-state index >= 15 is 0 Å². The third-order valence-corrected chi connectivity index (χ3v) is 4.36. The zero-order valence-corrected chi connectivity index (χ0v) is 11.3. The molecule has 2 atom stereocenters. The van der Waals surface area contributed by atoms with Gasteiger partial charge < -0.3 is 5.32 Å². The van der Waals surface area contributed by atoms with Crippen molar-refractivity contribution in [2.24, 2.45) is 7.05 Å². The van der Waals surface area contributed by atoms with Crippen molar-refractivity contribution in [1.82, 2.24) is 20.0 Å². The highest BCUT2D eigenvalue weighted by Gasteiger charge is 2.31. The van der Waals surface area contributed by atoms with Gasteiger partial charge >= 0.3 is 0 Å². The number of piperidine rings is 1. The Bertz CT molecular complexity index is 381. The Balaban J connectivity index is 1.67.